The summed E-state index contributed by atoms with van der Waals surface area (Å²) in [6.07, 6.45) is 5.15. The Morgan fingerprint density at radius 2 is 2.00 bits per heavy atom. The van der Waals surface area contributed by atoms with Crippen molar-refractivity contribution in [3.63, 3.8) is 0 Å². The molecule has 1 N–H and O–H groups in total. The number of nitrogens with one attached hydrogen (secondary N) is 1. The van der Waals surface area contributed by atoms with Crippen LogP contribution >= 0.6 is 11.3 Å². The Morgan fingerprint density at radius 3 is 2.56 bits per heavy atom. The van der Waals surface area contributed by atoms with Crippen LogP contribution in [0.15, 0.2) is 12.1 Å². The molecule has 1 aliphatic rings. The molecule has 90 valence electrons. The fourth-order valence-corrected chi connectivity index (χ4v) is 3.17. The van der Waals surface area contributed by atoms with E-state index in [1.54, 1.807) is 4.88 Å². The van der Waals surface area contributed by atoms with E-state index in [9.17, 15) is 0 Å². The molecule has 0 radical (unpaired) electrons. The van der Waals surface area contributed by atoms with Gasteiger partial charge in [-0.05, 0) is 43.2 Å². The van der Waals surface area contributed by atoms with E-state index < -0.39 is 0 Å². The molecule has 1 nitrogen and oxygen atoms in total. The minimum absolute atomic E-state index is 0.387. The van der Waals surface area contributed by atoms with Crippen molar-refractivity contribution in [1.82, 2.24) is 5.32 Å². The highest BCUT2D eigenvalue weighted by Gasteiger charge is 2.25. The number of hydrogen-bond donors (Lipinski definition) is 1. The molecule has 1 heterocycles. The number of hydrogen-bond acceptors (Lipinski definition) is 2. The van der Waals surface area contributed by atoms with Crippen LogP contribution in [0, 0.1) is 5.41 Å². The van der Waals surface area contributed by atoms with Crippen LogP contribution in [0.25, 0.3) is 0 Å². The molecule has 1 aliphatic carbocycles. The summed E-state index contributed by atoms with van der Waals surface area (Å²) in [5.74, 6) is 0. The van der Waals surface area contributed by atoms with E-state index in [1.807, 2.05) is 11.3 Å². The fourth-order valence-electron chi connectivity index (χ4n) is 1.95. The van der Waals surface area contributed by atoms with Crippen molar-refractivity contribution in [2.45, 2.75) is 52.5 Å². The van der Waals surface area contributed by atoms with Crippen LogP contribution in [0.5, 0.6) is 0 Å². The Morgan fingerprint density at radius 1 is 1.31 bits per heavy atom. The molecule has 2 heteroatoms. The largest absolute Gasteiger partial charge is 0.313 e. The zero-order valence-corrected chi connectivity index (χ0v) is 11.5. The number of thiophene rings is 1. The summed E-state index contributed by atoms with van der Waals surface area (Å²) in [5, 5.41) is 3.64. The molecule has 0 aliphatic heterocycles. The van der Waals surface area contributed by atoms with E-state index >= 15 is 0 Å². The molecule has 0 spiro atoms. The molecule has 1 aromatic heterocycles. The molecule has 0 aromatic carbocycles. The lowest BCUT2D eigenvalue weighted by Crippen LogP contribution is -2.32. The summed E-state index contributed by atoms with van der Waals surface area (Å²) < 4.78 is 0. The molecule has 0 unspecified atom stereocenters. The van der Waals surface area contributed by atoms with Gasteiger partial charge in [0.25, 0.3) is 0 Å². The standard InChI is InChI=1S/C14H23NS/c1-4-12-7-8-13(16-12)9-14(2,3)10-15-11-5-6-11/h7-8,11,15H,4-6,9-10H2,1-3H3. The van der Waals surface area contributed by atoms with E-state index in [2.05, 4.69) is 38.2 Å². The van der Waals surface area contributed by atoms with Gasteiger partial charge in [-0.3, -0.25) is 0 Å². The lowest BCUT2D eigenvalue weighted by atomic mass is 9.88. The van der Waals surface area contributed by atoms with Crippen LogP contribution in [0.2, 0.25) is 0 Å². The van der Waals surface area contributed by atoms with E-state index in [0.717, 1.165) is 12.6 Å². The Kier molecular flexibility index (Phi) is 3.70. The molecule has 0 bridgehead atoms. The minimum Gasteiger partial charge on any atom is -0.313 e. The van der Waals surface area contributed by atoms with Crippen LogP contribution in [-0.4, -0.2) is 12.6 Å². The van der Waals surface area contributed by atoms with Crippen LogP contribution in [0.4, 0.5) is 0 Å². The highest BCUT2D eigenvalue weighted by Crippen LogP contribution is 2.28. The van der Waals surface area contributed by atoms with Crippen molar-refractivity contribution >= 4 is 11.3 Å². The molecule has 2 rings (SSSR count). The SMILES string of the molecule is CCc1ccc(CC(C)(C)CNC2CC2)s1. The number of aryl methyl sites for hydroxylation is 1. The summed E-state index contributed by atoms with van der Waals surface area (Å²) in [4.78, 5) is 3.06. The summed E-state index contributed by atoms with van der Waals surface area (Å²) >= 11 is 1.98. The molecular weight excluding hydrogens is 214 g/mol. The van der Waals surface area contributed by atoms with Crippen molar-refractivity contribution < 1.29 is 0 Å². The van der Waals surface area contributed by atoms with Gasteiger partial charge < -0.3 is 5.32 Å². The molecule has 0 saturated heterocycles. The van der Waals surface area contributed by atoms with Crippen LogP contribution in [-0.2, 0) is 12.8 Å². The van der Waals surface area contributed by atoms with Gasteiger partial charge in [-0.2, -0.15) is 0 Å². The Bertz CT molecular complexity index is 336. The van der Waals surface area contributed by atoms with Crippen molar-refractivity contribution in [1.29, 1.82) is 0 Å². The maximum absolute atomic E-state index is 3.64. The third-order valence-corrected chi connectivity index (χ3v) is 4.39. The number of rotatable bonds is 6. The first-order valence-corrected chi connectivity index (χ1v) is 7.22. The maximum atomic E-state index is 3.64. The van der Waals surface area contributed by atoms with Gasteiger partial charge in [0, 0.05) is 22.3 Å². The lowest BCUT2D eigenvalue weighted by molar-refractivity contribution is 0.339. The average Bonchev–Trinajstić information content (AvgIpc) is 2.96. The van der Waals surface area contributed by atoms with Crippen molar-refractivity contribution in [3.05, 3.63) is 21.9 Å². The highest BCUT2D eigenvalue weighted by atomic mass is 32.1. The first-order valence-electron chi connectivity index (χ1n) is 6.40. The van der Waals surface area contributed by atoms with Crippen LogP contribution < -0.4 is 5.32 Å². The zero-order chi connectivity index (χ0) is 11.6. The lowest BCUT2D eigenvalue weighted by Gasteiger charge is -2.24. The van der Waals surface area contributed by atoms with E-state index in [-0.39, 0.29) is 0 Å². The van der Waals surface area contributed by atoms with E-state index in [1.165, 1.54) is 30.6 Å². The normalized spacial score (nSPS) is 16.7. The Balaban J connectivity index is 1.85. The van der Waals surface area contributed by atoms with Crippen molar-refractivity contribution in [2.75, 3.05) is 6.54 Å². The smallest absolute Gasteiger partial charge is 0.00684 e. The fraction of sp³-hybridized carbons (Fsp3) is 0.714. The Hall–Kier alpha value is -0.340. The summed E-state index contributed by atoms with van der Waals surface area (Å²) in [5.41, 5.74) is 0.387. The van der Waals surface area contributed by atoms with Gasteiger partial charge in [0.2, 0.25) is 0 Å². The first-order chi connectivity index (χ1) is 7.59. The van der Waals surface area contributed by atoms with Gasteiger partial charge in [-0.25, -0.2) is 0 Å². The first kappa shape index (κ1) is 12.1. The third kappa shape index (κ3) is 3.60. The molecule has 0 amide bonds. The van der Waals surface area contributed by atoms with Gasteiger partial charge in [-0.1, -0.05) is 20.8 Å². The minimum atomic E-state index is 0.387. The monoisotopic (exact) mass is 237 g/mol. The Labute approximate surface area is 103 Å². The van der Waals surface area contributed by atoms with Crippen LogP contribution in [0.1, 0.15) is 43.4 Å². The topological polar surface area (TPSA) is 12.0 Å². The maximum Gasteiger partial charge on any atom is 0.00684 e. The van der Waals surface area contributed by atoms with Gasteiger partial charge in [0.05, 0.1) is 0 Å². The zero-order valence-electron chi connectivity index (χ0n) is 10.7. The second kappa shape index (κ2) is 4.89. The predicted octanol–water partition coefficient (Wildman–Crippen LogP) is 3.63. The second-order valence-corrected chi connectivity index (χ2v) is 6.97. The van der Waals surface area contributed by atoms with Gasteiger partial charge in [-0.15, -0.1) is 11.3 Å². The average molecular weight is 237 g/mol. The molecule has 1 aromatic rings. The molecule has 0 atom stereocenters. The van der Waals surface area contributed by atoms with E-state index in [4.69, 9.17) is 0 Å². The summed E-state index contributed by atoms with van der Waals surface area (Å²) in [6.45, 7) is 8.12. The third-order valence-electron chi connectivity index (χ3n) is 3.17. The second-order valence-electron chi connectivity index (χ2n) is 5.72. The molecule has 1 fully saturated rings. The summed E-state index contributed by atoms with van der Waals surface area (Å²) in [6, 6.07) is 5.42. The predicted molar refractivity (Wildman–Crippen MR) is 72.2 cm³/mol. The highest BCUT2D eigenvalue weighted by molar-refractivity contribution is 7.11. The van der Waals surface area contributed by atoms with Gasteiger partial charge in [0.1, 0.15) is 0 Å². The van der Waals surface area contributed by atoms with Crippen molar-refractivity contribution in [2.24, 2.45) is 5.41 Å². The van der Waals surface area contributed by atoms with Crippen LogP contribution in [0.3, 0.4) is 0 Å². The molecule has 1 saturated carbocycles. The van der Waals surface area contributed by atoms with E-state index in [0.29, 0.717) is 5.41 Å². The summed E-state index contributed by atoms with van der Waals surface area (Å²) in [7, 11) is 0. The van der Waals surface area contributed by atoms with Crippen molar-refractivity contribution in [3.8, 4) is 0 Å². The quantitative estimate of drug-likeness (QED) is 0.796. The molecular formula is C14H23NS. The van der Waals surface area contributed by atoms with Gasteiger partial charge >= 0.3 is 0 Å². The molecule has 16 heavy (non-hydrogen) atoms. The van der Waals surface area contributed by atoms with Gasteiger partial charge in [0.15, 0.2) is 0 Å².